The minimum atomic E-state index is 0. The van der Waals surface area contributed by atoms with E-state index in [-0.39, 0.29) is 0 Å². The molecule has 0 aromatic carbocycles. The zero-order valence-corrected chi connectivity index (χ0v) is 9.74. The first kappa shape index (κ1) is 10.0. The average molecular weight is 410 g/mol. The molecule has 0 aliphatic carbocycles. The molecule has 1 heterocycles. The normalized spacial score (nSPS) is 15.7. The van der Waals surface area contributed by atoms with Gasteiger partial charge < -0.3 is 0 Å². The summed E-state index contributed by atoms with van der Waals surface area (Å²) in [6, 6.07) is 0. The van der Waals surface area contributed by atoms with Crippen LogP contribution < -0.4 is 0 Å². The van der Waals surface area contributed by atoms with Gasteiger partial charge in [-0.15, -0.1) is 13.0 Å². The molecule has 1 radical (unpaired) electrons. The van der Waals surface area contributed by atoms with Gasteiger partial charge in [0.05, 0.1) is 0 Å². The molecule has 0 aromatic heterocycles. The summed E-state index contributed by atoms with van der Waals surface area (Å²) in [6.45, 7) is 6.35. The molecule has 0 bridgehead atoms. The Bertz CT molecular complexity index is 214. The first-order valence-electron chi connectivity index (χ1n) is 3.96. The number of rotatable bonds is 1. The molecule has 1 aliphatic rings. The van der Waals surface area contributed by atoms with Gasteiger partial charge in [-0.25, -0.2) is 12.2 Å². The zero-order chi connectivity index (χ0) is 8.27. The molecule has 0 saturated carbocycles. The SMILES string of the molecule is C[C-]1C=CC=C(C(C)C)N=C1.[Lr]. The number of aliphatic imine (C=N–C) groups is 1. The number of hydrogen-bond acceptors (Lipinski definition) is 1. The summed E-state index contributed by atoms with van der Waals surface area (Å²) in [6.07, 6.45) is 8.10. The van der Waals surface area contributed by atoms with Crippen molar-refractivity contribution in [2.24, 2.45) is 10.9 Å². The van der Waals surface area contributed by atoms with Crippen molar-refractivity contribution < 1.29 is 0 Å². The first-order chi connectivity index (χ1) is 5.20. The molecular weight excluding hydrogens is 396 g/mol. The van der Waals surface area contributed by atoms with Crippen molar-refractivity contribution in [3.63, 3.8) is 0 Å². The van der Waals surface area contributed by atoms with Gasteiger partial charge >= 0.3 is 0 Å². The molecule has 0 amide bonds. The Kier molecular flexibility index (Phi) is 3.35. The minimum absolute atomic E-state index is 0. The third kappa shape index (κ3) is 2.33. The van der Waals surface area contributed by atoms with E-state index < -0.39 is 0 Å². The number of allylic oxidation sites excluding steroid dienone is 4. The average Bonchev–Trinajstić information content (AvgIpc) is 2.13. The van der Waals surface area contributed by atoms with E-state index in [4.69, 9.17) is 0 Å². The van der Waals surface area contributed by atoms with Crippen LogP contribution in [0.4, 0.5) is 0 Å². The van der Waals surface area contributed by atoms with Gasteiger partial charge in [-0.1, -0.05) is 20.1 Å². The fourth-order valence-corrected chi connectivity index (χ4v) is 0.902. The zero-order valence-electron chi connectivity index (χ0n) is 7.59. The van der Waals surface area contributed by atoms with Gasteiger partial charge in [0, 0.05) is 5.70 Å². The van der Waals surface area contributed by atoms with Crippen LogP contribution in [-0.2, 0) is 0 Å². The predicted molar refractivity (Wildman–Crippen MR) is 49.5 cm³/mol. The van der Waals surface area contributed by atoms with E-state index in [2.05, 4.69) is 44.0 Å². The number of nitrogens with zero attached hydrogens (tertiary/aromatic N) is 1. The Morgan fingerprint density at radius 1 is 1.42 bits per heavy atom. The van der Waals surface area contributed by atoms with Crippen molar-refractivity contribution in [3.8, 4) is 0 Å². The fraction of sp³-hybridized carbons (Fsp3) is 0.400. The van der Waals surface area contributed by atoms with E-state index >= 15 is 0 Å². The standard InChI is InChI=1S/C10H14N.Lr/c1-8(2)10-6-4-5-9(3)7-11-10;/h4-8H,1-3H3;/q-1;. The third-order valence-corrected chi connectivity index (χ3v) is 1.63. The minimum Gasteiger partial charge on any atom is -0.282 e. The number of hydrogen-bond donors (Lipinski definition) is 0. The summed E-state index contributed by atoms with van der Waals surface area (Å²) < 4.78 is 0. The topological polar surface area (TPSA) is 12.4 Å². The van der Waals surface area contributed by atoms with Crippen LogP contribution in [-0.4, -0.2) is 6.21 Å². The second-order valence-electron chi connectivity index (χ2n) is 3.11. The molecule has 0 unspecified atom stereocenters. The summed E-state index contributed by atoms with van der Waals surface area (Å²) in [7, 11) is 0. The third-order valence-electron chi connectivity index (χ3n) is 1.63. The monoisotopic (exact) mass is 410 g/mol. The maximum atomic E-state index is 4.34. The maximum absolute atomic E-state index is 4.34. The van der Waals surface area contributed by atoms with E-state index in [1.165, 1.54) is 5.92 Å². The van der Waals surface area contributed by atoms with Crippen LogP contribution in [0.25, 0.3) is 0 Å². The van der Waals surface area contributed by atoms with Gasteiger partial charge in [-0.3, -0.25) is 4.99 Å². The van der Waals surface area contributed by atoms with Crippen LogP contribution in [0, 0.1) is 11.8 Å². The molecule has 1 nitrogen and oxygen atoms in total. The van der Waals surface area contributed by atoms with Gasteiger partial charge in [0.1, 0.15) is 0 Å². The van der Waals surface area contributed by atoms with Crippen LogP contribution in [0.15, 0.2) is 28.9 Å². The predicted octanol–water partition coefficient (Wildman–Crippen LogP) is 2.76. The smallest absolute Gasteiger partial charge is 0.0234 e. The molecule has 1 rings (SSSR count). The van der Waals surface area contributed by atoms with E-state index in [0.717, 1.165) is 5.70 Å². The Morgan fingerprint density at radius 3 is 2.67 bits per heavy atom. The summed E-state index contributed by atoms with van der Waals surface area (Å²) in [4.78, 5) is 4.34. The van der Waals surface area contributed by atoms with Crippen molar-refractivity contribution in [2.45, 2.75) is 20.8 Å². The maximum Gasteiger partial charge on any atom is 0.0234 e. The van der Waals surface area contributed by atoms with Crippen molar-refractivity contribution in [3.05, 3.63) is 29.8 Å². The largest absolute Gasteiger partial charge is 0.282 e. The summed E-state index contributed by atoms with van der Waals surface area (Å²) in [5, 5.41) is 0. The second kappa shape index (κ2) is 4.02. The Balaban J connectivity index is 0.00000121. The van der Waals surface area contributed by atoms with Crippen molar-refractivity contribution in [1.82, 2.24) is 0 Å². The molecule has 0 fully saturated rings. The van der Waals surface area contributed by atoms with Gasteiger partial charge in [0.2, 0.25) is 0 Å². The summed E-state index contributed by atoms with van der Waals surface area (Å²) in [5.41, 5.74) is 1.15. The molecule has 2 heteroatoms. The second-order valence-corrected chi connectivity index (χ2v) is 3.11. The molecule has 0 aromatic rings. The summed E-state index contributed by atoms with van der Waals surface area (Å²) >= 11 is 0. The Morgan fingerprint density at radius 2 is 2.08 bits per heavy atom. The van der Waals surface area contributed by atoms with Crippen LogP contribution in [0.2, 0.25) is 0 Å². The van der Waals surface area contributed by atoms with Gasteiger partial charge in [-0.05, 0) is 5.92 Å². The van der Waals surface area contributed by atoms with E-state index in [1.54, 1.807) is 0 Å². The van der Waals surface area contributed by atoms with Crippen molar-refractivity contribution in [2.75, 3.05) is 0 Å². The first-order valence-corrected chi connectivity index (χ1v) is 3.96. The molecule has 75 valence electrons. The van der Waals surface area contributed by atoms with Crippen LogP contribution in [0.5, 0.6) is 0 Å². The van der Waals surface area contributed by atoms with E-state index in [1.807, 2.05) is 6.21 Å². The van der Waals surface area contributed by atoms with Crippen LogP contribution >= 0.6 is 0 Å². The molecule has 0 N–H and O–H groups in total. The van der Waals surface area contributed by atoms with Crippen molar-refractivity contribution in [1.29, 1.82) is 0 Å². The van der Waals surface area contributed by atoms with Gasteiger partial charge in [0.15, 0.2) is 0 Å². The van der Waals surface area contributed by atoms with Crippen LogP contribution in [0.3, 0.4) is 0 Å². The summed E-state index contributed by atoms with van der Waals surface area (Å²) in [5.74, 6) is 1.72. The molecular formula is C10H14LrN-. The molecule has 0 saturated heterocycles. The molecule has 1 aliphatic heterocycles. The van der Waals surface area contributed by atoms with Crippen LogP contribution in [0.1, 0.15) is 20.8 Å². The van der Waals surface area contributed by atoms with E-state index in [0.29, 0.717) is 5.92 Å². The van der Waals surface area contributed by atoms with Crippen molar-refractivity contribution >= 4 is 6.21 Å². The molecule has 0 atom stereocenters. The fourth-order valence-electron chi connectivity index (χ4n) is 0.902. The Hall–Kier alpha value is -1.98. The Labute approximate surface area is 68.5 Å². The van der Waals surface area contributed by atoms with Gasteiger partial charge in [0.25, 0.3) is 0 Å². The molecule has 12 heavy (non-hydrogen) atoms. The van der Waals surface area contributed by atoms with E-state index in [9.17, 15) is 0 Å². The molecule has 0 spiro atoms. The quantitative estimate of drug-likeness (QED) is 0.590. The van der Waals surface area contributed by atoms with Gasteiger partial charge in [-0.2, -0.15) is 5.92 Å².